The van der Waals surface area contributed by atoms with Crippen molar-refractivity contribution >= 4 is 0 Å². The molecule has 0 spiro atoms. The Balaban J connectivity index is 1.46. The summed E-state index contributed by atoms with van der Waals surface area (Å²) in [7, 11) is 0. The average molecular weight is 237 g/mol. The van der Waals surface area contributed by atoms with Crippen molar-refractivity contribution in [3.05, 3.63) is 0 Å². The Hall–Kier alpha value is -0.120. The van der Waals surface area contributed by atoms with Gasteiger partial charge in [-0.15, -0.1) is 0 Å². The van der Waals surface area contributed by atoms with Gasteiger partial charge in [-0.25, -0.2) is 0 Å². The first-order chi connectivity index (χ1) is 8.25. The van der Waals surface area contributed by atoms with Crippen LogP contribution in [0.2, 0.25) is 0 Å². The largest absolute Gasteiger partial charge is 0.325 e. The summed E-state index contributed by atoms with van der Waals surface area (Å²) in [5, 5.41) is 0. The standard InChI is InChI=1S/C14H27N3/c15-14(5-1-2-6-14)7-9-16-10-11-17-8-3-4-13(17)12-16/h13H,1-12,15H2. The molecule has 1 atom stereocenters. The minimum absolute atomic E-state index is 0.187. The highest BCUT2D eigenvalue weighted by Gasteiger charge is 2.33. The van der Waals surface area contributed by atoms with Crippen molar-refractivity contribution < 1.29 is 0 Å². The molecular weight excluding hydrogens is 210 g/mol. The van der Waals surface area contributed by atoms with Gasteiger partial charge in [0.25, 0.3) is 0 Å². The molecule has 1 aliphatic carbocycles. The molecule has 0 bridgehead atoms. The normalized spacial score (nSPS) is 34.1. The fourth-order valence-corrected chi connectivity index (χ4v) is 3.97. The summed E-state index contributed by atoms with van der Waals surface area (Å²) in [6, 6.07) is 0.862. The van der Waals surface area contributed by atoms with Crippen LogP contribution in [0.1, 0.15) is 44.9 Å². The third-order valence-corrected chi connectivity index (χ3v) is 5.20. The molecule has 3 rings (SSSR count). The fraction of sp³-hybridized carbons (Fsp3) is 1.00. The van der Waals surface area contributed by atoms with Crippen molar-refractivity contribution in [3.8, 4) is 0 Å². The van der Waals surface area contributed by atoms with Crippen LogP contribution in [0.3, 0.4) is 0 Å². The maximum absolute atomic E-state index is 6.45. The van der Waals surface area contributed by atoms with Crippen molar-refractivity contribution in [2.24, 2.45) is 5.73 Å². The minimum atomic E-state index is 0.187. The van der Waals surface area contributed by atoms with Gasteiger partial charge in [0.05, 0.1) is 0 Å². The Labute approximate surface area is 105 Å². The molecule has 98 valence electrons. The van der Waals surface area contributed by atoms with Crippen LogP contribution in [0, 0.1) is 0 Å². The molecule has 3 nitrogen and oxygen atoms in total. The Bertz CT molecular complexity index is 260. The first-order valence-corrected chi connectivity index (χ1v) is 7.51. The lowest BCUT2D eigenvalue weighted by Crippen LogP contribution is -2.51. The predicted molar refractivity (Wildman–Crippen MR) is 71.0 cm³/mol. The van der Waals surface area contributed by atoms with E-state index in [-0.39, 0.29) is 5.54 Å². The molecule has 3 fully saturated rings. The molecule has 3 heteroatoms. The van der Waals surface area contributed by atoms with E-state index >= 15 is 0 Å². The maximum atomic E-state index is 6.45. The maximum Gasteiger partial charge on any atom is 0.0224 e. The molecule has 2 heterocycles. The number of hydrogen-bond donors (Lipinski definition) is 1. The van der Waals surface area contributed by atoms with Crippen LogP contribution >= 0.6 is 0 Å². The highest BCUT2D eigenvalue weighted by atomic mass is 15.3. The van der Waals surface area contributed by atoms with Gasteiger partial charge in [0.2, 0.25) is 0 Å². The second kappa shape index (κ2) is 4.87. The van der Waals surface area contributed by atoms with Crippen molar-refractivity contribution in [1.82, 2.24) is 9.80 Å². The number of fused-ring (bicyclic) bond motifs is 1. The molecule has 17 heavy (non-hydrogen) atoms. The van der Waals surface area contributed by atoms with Crippen LogP contribution in [-0.4, -0.2) is 54.1 Å². The summed E-state index contributed by atoms with van der Waals surface area (Å²) in [6.45, 7) is 6.45. The molecule has 1 saturated carbocycles. The van der Waals surface area contributed by atoms with Gasteiger partial charge < -0.3 is 10.6 Å². The zero-order valence-corrected chi connectivity index (χ0v) is 11.0. The van der Waals surface area contributed by atoms with Crippen LogP contribution < -0.4 is 5.73 Å². The van der Waals surface area contributed by atoms with Gasteiger partial charge in [0.1, 0.15) is 0 Å². The molecule has 2 saturated heterocycles. The molecule has 1 unspecified atom stereocenters. The third-order valence-electron chi connectivity index (χ3n) is 5.20. The minimum Gasteiger partial charge on any atom is -0.325 e. The van der Waals surface area contributed by atoms with Crippen LogP contribution in [0.15, 0.2) is 0 Å². The SMILES string of the molecule is NC1(CCN2CCN3CCCC3C2)CCCC1. The topological polar surface area (TPSA) is 32.5 Å². The summed E-state index contributed by atoms with van der Waals surface area (Å²) in [5.74, 6) is 0. The fourth-order valence-electron chi connectivity index (χ4n) is 3.97. The smallest absolute Gasteiger partial charge is 0.0224 e. The quantitative estimate of drug-likeness (QED) is 0.806. The number of hydrogen-bond acceptors (Lipinski definition) is 3. The molecule has 2 N–H and O–H groups in total. The average Bonchev–Trinajstić information content (AvgIpc) is 2.95. The van der Waals surface area contributed by atoms with E-state index in [0.717, 1.165) is 6.04 Å². The first-order valence-electron chi connectivity index (χ1n) is 7.51. The van der Waals surface area contributed by atoms with E-state index in [1.54, 1.807) is 0 Å². The lowest BCUT2D eigenvalue weighted by Gasteiger charge is -2.38. The molecule has 0 radical (unpaired) electrons. The Kier molecular flexibility index (Phi) is 3.42. The van der Waals surface area contributed by atoms with E-state index in [1.807, 2.05) is 0 Å². The van der Waals surface area contributed by atoms with Crippen molar-refractivity contribution in [1.29, 1.82) is 0 Å². The van der Waals surface area contributed by atoms with Crippen LogP contribution in [-0.2, 0) is 0 Å². The van der Waals surface area contributed by atoms with Gasteiger partial charge >= 0.3 is 0 Å². The van der Waals surface area contributed by atoms with E-state index in [0.29, 0.717) is 0 Å². The third kappa shape index (κ3) is 2.67. The van der Waals surface area contributed by atoms with Crippen molar-refractivity contribution in [2.45, 2.75) is 56.5 Å². The number of rotatable bonds is 3. The van der Waals surface area contributed by atoms with E-state index < -0.39 is 0 Å². The van der Waals surface area contributed by atoms with Gasteiger partial charge in [-0.1, -0.05) is 12.8 Å². The summed E-state index contributed by atoms with van der Waals surface area (Å²) in [6.07, 6.45) is 9.29. The zero-order valence-electron chi connectivity index (χ0n) is 11.0. The van der Waals surface area contributed by atoms with Crippen molar-refractivity contribution in [2.75, 3.05) is 32.7 Å². The molecule has 0 aromatic rings. The van der Waals surface area contributed by atoms with E-state index in [2.05, 4.69) is 9.80 Å². The number of nitrogens with zero attached hydrogens (tertiary/aromatic N) is 2. The summed E-state index contributed by atoms with van der Waals surface area (Å²) < 4.78 is 0. The lowest BCUT2D eigenvalue weighted by atomic mass is 9.94. The van der Waals surface area contributed by atoms with Gasteiger partial charge in [-0.05, 0) is 45.2 Å². The summed E-state index contributed by atoms with van der Waals surface area (Å²) in [5.41, 5.74) is 6.63. The van der Waals surface area contributed by atoms with Crippen LogP contribution in [0.4, 0.5) is 0 Å². The first kappa shape index (κ1) is 11.9. The van der Waals surface area contributed by atoms with Gasteiger partial charge in [0, 0.05) is 31.2 Å². The molecule has 0 aromatic heterocycles. The van der Waals surface area contributed by atoms with E-state index in [1.165, 1.54) is 77.7 Å². The monoisotopic (exact) mass is 237 g/mol. The Morgan fingerprint density at radius 3 is 2.71 bits per heavy atom. The lowest BCUT2D eigenvalue weighted by molar-refractivity contribution is 0.0978. The number of nitrogens with two attached hydrogens (primary N) is 1. The van der Waals surface area contributed by atoms with Crippen LogP contribution in [0.5, 0.6) is 0 Å². The summed E-state index contributed by atoms with van der Waals surface area (Å²) in [4.78, 5) is 5.35. The van der Waals surface area contributed by atoms with Crippen molar-refractivity contribution in [3.63, 3.8) is 0 Å². The molecule has 3 aliphatic rings. The Morgan fingerprint density at radius 1 is 1.06 bits per heavy atom. The second-order valence-electron chi connectivity index (χ2n) is 6.45. The predicted octanol–water partition coefficient (Wildman–Crippen LogP) is 1.43. The van der Waals surface area contributed by atoms with Gasteiger partial charge in [0.15, 0.2) is 0 Å². The van der Waals surface area contributed by atoms with Crippen LogP contribution in [0.25, 0.3) is 0 Å². The zero-order chi connectivity index (χ0) is 11.7. The summed E-state index contributed by atoms with van der Waals surface area (Å²) >= 11 is 0. The Morgan fingerprint density at radius 2 is 1.88 bits per heavy atom. The number of piperazine rings is 1. The van der Waals surface area contributed by atoms with Gasteiger partial charge in [-0.2, -0.15) is 0 Å². The molecular formula is C14H27N3. The van der Waals surface area contributed by atoms with Gasteiger partial charge in [-0.3, -0.25) is 4.90 Å². The second-order valence-corrected chi connectivity index (χ2v) is 6.45. The van der Waals surface area contributed by atoms with E-state index in [4.69, 9.17) is 5.73 Å². The highest BCUT2D eigenvalue weighted by molar-refractivity contribution is 4.92. The highest BCUT2D eigenvalue weighted by Crippen LogP contribution is 2.30. The molecule has 2 aliphatic heterocycles. The van der Waals surface area contributed by atoms with E-state index in [9.17, 15) is 0 Å². The molecule has 0 amide bonds. The molecule has 0 aromatic carbocycles.